The van der Waals surface area contributed by atoms with Crippen molar-refractivity contribution >= 4 is 10.9 Å². The number of hydrogen-bond acceptors (Lipinski definition) is 2. The third kappa shape index (κ3) is 2.92. The molecule has 1 atom stereocenters. The fraction of sp³-hybridized carbons (Fsp3) is 0.467. The van der Waals surface area contributed by atoms with Crippen LogP contribution in [0.25, 0.3) is 10.9 Å². The van der Waals surface area contributed by atoms with Crippen molar-refractivity contribution in [3.63, 3.8) is 0 Å². The molecule has 0 aliphatic carbocycles. The van der Waals surface area contributed by atoms with Gasteiger partial charge >= 0.3 is 0 Å². The highest BCUT2D eigenvalue weighted by molar-refractivity contribution is 5.81. The Hall–Kier alpha value is -1.32. The molecule has 0 aliphatic heterocycles. The first-order valence-electron chi connectivity index (χ1n) is 6.48. The van der Waals surface area contributed by atoms with E-state index in [9.17, 15) is 0 Å². The Balaban J connectivity index is 2.01. The van der Waals surface area contributed by atoms with Crippen molar-refractivity contribution in [1.82, 2.24) is 9.88 Å². The number of methoxy groups -OCH3 is 1. The predicted molar refractivity (Wildman–Crippen MR) is 75.7 cm³/mol. The first-order chi connectivity index (χ1) is 8.72. The van der Waals surface area contributed by atoms with Gasteiger partial charge in [0.2, 0.25) is 0 Å². The van der Waals surface area contributed by atoms with Gasteiger partial charge in [-0.1, -0.05) is 18.2 Å². The van der Waals surface area contributed by atoms with Gasteiger partial charge in [-0.3, -0.25) is 0 Å². The molecule has 0 radical (unpaired) electrons. The van der Waals surface area contributed by atoms with Crippen LogP contribution in [-0.2, 0) is 18.3 Å². The zero-order chi connectivity index (χ0) is 13.0. The first-order valence-corrected chi connectivity index (χ1v) is 6.48. The summed E-state index contributed by atoms with van der Waals surface area (Å²) in [4.78, 5) is 0. The van der Waals surface area contributed by atoms with E-state index < -0.39 is 0 Å². The third-order valence-electron chi connectivity index (χ3n) is 3.44. The minimum Gasteiger partial charge on any atom is -0.385 e. The standard InChI is InChI=1S/C15H22N2O/c1-12(8-9-18-3)16-11-14-10-13-6-4-5-7-15(13)17(14)2/h4-7,10,12,16H,8-9,11H2,1-3H3. The van der Waals surface area contributed by atoms with E-state index in [0.717, 1.165) is 19.6 Å². The molecular formula is C15H22N2O. The van der Waals surface area contributed by atoms with Crippen LogP contribution in [-0.4, -0.2) is 24.3 Å². The zero-order valence-corrected chi connectivity index (χ0v) is 11.4. The van der Waals surface area contributed by atoms with Gasteiger partial charge in [0.25, 0.3) is 0 Å². The van der Waals surface area contributed by atoms with Crippen LogP contribution >= 0.6 is 0 Å². The summed E-state index contributed by atoms with van der Waals surface area (Å²) >= 11 is 0. The smallest absolute Gasteiger partial charge is 0.0480 e. The Kier molecular flexibility index (Phi) is 4.39. The number of ether oxygens (including phenoxy) is 1. The molecule has 2 aromatic rings. The van der Waals surface area contributed by atoms with E-state index in [1.165, 1.54) is 16.6 Å². The minimum absolute atomic E-state index is 0.475. The second-order valence-electron chi connectivity index (χ2n) is 4.82. The highest BCUT2D eigenvalue weighted by Gasteiger charge is 2.06. The van der Waals surface area contributed by atoms with Crippen molar-refractivity contribution in [1.29, 1.82) is 0 Å². The summed E-state index contributed by atoms with van der Waals surface area (Å²) in [6, 6.07) is 11.2. The summed E-state index contributed by atoms with van der Waals surface area (Å²) in [6.07, 6.45) is 1.04. The average Bonchev–Trinajstić information content (AvgIpc) is 2.71. The van der Waals surface area contributed by atoms with E-state index in [4.69, 9.17) is 4.74 Å². The number of fused-ring (bicyclic) bond motifs is 1. The Bertz CT molecular complexity index is 504. The SMILES string of the molecule is COCCC(C)NCc1cc2ccccc2n1C. The second kappa shape index (κ2) is 6.03. The largest absolute Gasteiger partial charge is 0.385 e. The number of hydrogen-bond donors (Lipinski definition) is 1. The Morgan fingerprint density at radius 3 is 2.83 bits per heavy atom. The van der Waals surface area contributed by atoms with Gasteiger partial charge in [-0.25, -0.2) is 0 Å². The van der Waals surface area contributed by atoms with Crippen molar-refractivity contribution in [2.45, 2.75) is 25.9 Å². The maximum atomic E-state index is 5.09. The molecule has 18 heavy (non-hydrogen) atoms. The highest BCUT2D eigenvalue weighted by Crippen LogP contribution is 2.18. The van der Waals surface area contributed by atoms with Crippen LogP contribution in [0.15, 0.2) is 30.3 Å². The van der Waals surface area contributed by atoms with Crippen molar-refractivity contribution in [2.75, 3.05) is 13.7 Å². The number of aryl methyl sites for hydroxylation is 1. The molecule has 0 saturated heterocycles. The summed E-state index contributed by atoms with van der Waals surface area (Å²) in [7, 11) is 3.87. The summed E-state index contributed by atoms with van der Waals surface area (Å²) in [6.45, 7) is 3.90. The summed E-state index contributed by atoms with van der Waals surface area (Å²) in [5.41, 5.74) is 2.61. The van der Waals surface area contributed by atoms with Crippen LogP contribution in [0.4, 0.5) is 0 Å². The van der Waals surface area contributed by atoms with Crippen LogP contribution in [0.1, 0.15) is 19.0 Å². The predicted octanol–water partition coefficient (Wildman–Crippen LogP) is 2.69. The topological polar surface area (TPSA) is 26.2 Å². The van der Waals surface area contributed by atoms with Crippen LogP contribution < -0.4 is 5.32 Å². The van der Waals surface area contributed by atoms with Crippen molar-refractivity contribution < 1.29 is 4.74 Å². The van der Waals surface area contributed by atoms with Gasteiger partial charge in [0.05, 0.1) is 0 Å². The van der Waals surface area contributed by atoms with Crippen LogP contribution in [0.5, 0.6) is 0 Å². The van der Waals surface area contributed by atoms with Gasteiger partial charge in [-0.15, -0.1) is 0 Å². The lowest BCUT2D eigenvalue weighted by Crippen LogP contribution is -2.27. The van der Waals surface area contributed by atoms with Crippen LogP contribution in [0, 0.1) is 0 Å². The average molecular weight is 246 g/mol. The second-order valence-corrected chi connectivity index (χ2v) is 4.82. The molecule has 1 unspecified atom stereocenters. The molecule has 0 saturated carbocycles. The summed E-state index contributed by atoms with van der Waals surface area (Å²) < 4.78 is 7.35. The lowest BCUT2D eigenvalue weighted by Gasteiger charge is -2.13. The molecular weight excluding hydrogens is 224 g/mol. The number of benzene rings is 1. The maximum absolute atomic E-state index is 5.09. The fourth-order valence-corrected chi connectivity index (χ4v) is 2.19. The molecule has 0 bridgehead atoms. The van der Waals surface area contributed by atoms with Crippen molar-refractivity contribution in [2.24, 2.45) is 7.05 Å². The lowest BCUT2D eigenvalue weighted by molar-refractivity contribution is 0.184. The van der Waals surface area contributed by atoms with Gasteiger partial charge in [0, 0.05) is 44.6 Å². The molecule has 1 aromatic heterocycles. The molecule has 0 amide bonds. The number of aromatic nitrogens is 1. The van der Waals surface area contributed by atoms with E-state index in [1.54, 1.807) is 7.11 Å². The molecule has 1 N–H and O–H groups in total. The number of rotatable bonds is 6. The maximum Gasteiger partial charge on any atom is 0.0480 e. The molecule has 98 valence electrons. The first kappa shape index (κ1) is 13.1. The van der Waals surface area contributed by atoms with Gasteiger partial charge in [-0.2, -0.15) is 0 Å². The molecule has 0 fully saturated rings. The van der Waals surface area contributed by atoms with Crippen molar-refractivity contribution in [3.05, 3.63) is 36.0 Å². The monoisotopic (exact) mass is 246 g/mol. The number of nitrogens with zero attached hydrogens (tertiary/aromatic N) is 1. The molecule has 3 heteroatoms. The van der Waals surface area contributed by atoms with E-state index in [1.807, 2.05) is 0 Å². The van der Waals surface area contributed by atoms with Gasteiger partial charge < -0.3 is 14.6 Å². The number of nitrogens with one attached hydrogen (secondary N) is 1. The molecule has 0 aliphatic rings. The van der Waals surface area contributed by atoms with E-state index >= 15 is 0 Å². The zero-order valence-electron chi connectivity index (χ0n) is 11.4. The van der Waals surface area contributed by atoms with Crippen LogP contribution in [0.3, 0.4) is 0 Å². The summed E-state index contributed by atoms with van der Waals surface area (Å²) in [5, 5.41) is 4.84. The Labute approximate surface area is 109 Å². The Morgan fingerprint density at radius 1 is 1.33 bits per heavy atom. The quantitative estimate of drug-likeness (QED) is 0.848. The van der Waals surface area contributed by atoms with E-state index in [-0.39, 0.29) is 0 Å². The van der Waals surface area contributed by atoms with E-state index in [0.29, 0.717) is 6.04 Å². The molecule has 0 spiro atoms. The fourth-order valence-electron chi connectivity index (χ4n) is 2.19. The molecule has 3 nitrogen and oxygen atoms in total. The Morgan fingerprint density at radius 2 is 2.11 bits per heavy atom. The molecule has 1 heterocycles. The molecule has 2 rings (SSSR count). The highest BCUT2D eigenvalue weighted by atomic mass is 16.5. The molecule has 1 aromatic carbocycles. The van der Waals surface area contributed by atoms with Gasteiger partial charge in [0.1, 0.15) is 0 Å². The summed E-state index contributed by atoms with van der Waals surface area (Å²) in [5.74, 6) is 0. The van der Waals surface area contributed by atoms with Gasteiger partial charge in [0.15, 0.2) is 0 Å². The van der Waals surface area contributed by atoms with Gasteiger partial charge in [-0.05, 0) is 30.9 Å². The van der Waals surface area contributed by atoms with Crippen LogP contribution in [0.2, 0.25) is 0 Å². The minimum atomic E-state index is 0.475. The van der Waals surface area contributed by atoms with E-state index in [2.05, 4.69) is 54.2 Å². The lowest BCUT2D eigenvalue weighted by atomic mass is 10.2. The normalized spacial score (nSPS) is 13.1. The number of para-hydroxylation sites is 1. The van der Waals surface area contributed by atoms with Crippen molar-refractivity contribution in [3.8, 4) is 0 Å². The third-order valence-corrected chi connectivity index (χ3v) is 3.44.